The Balaban J connectivity index is 1.83. The van der Waals surface area contributed by atoms with E-state index in [0.29, 0.717) is 12.1 Å². The second-order valence-electron chi connectivity index (χ2n) is 4.91. The molecule has 0 aliphatic carbocycles. The molecule has 1 saturated heterocycles. The second-order valence-corrected chi connectivity index (χ2v) is 5.76. The molecule has 0 spiro atoms. The van der Waals surface area contributed by atoms with E-state index < -0.39 is 0 Å². The van der Waals surface area contributed by atoms with E-state index in [-0.39, 0.29) is 24.5 Å². The zero-order valence-electron chi connectivity index (χ0n) is 11.4. The normalized spacial score (nSPS) is 18.1. The van der Waals surface area contributed by atoms with Crippen LogP contribution in [0.2, 0.25) is 0 Å². The summed E-state index contributed by atoms with van der Waals surface area (Å²) < 4.78 is 19.4. The molecule has 1 heterocycles. The highest BCUT2D eigenvalue weighted by molar-refractivity contribution is 9.10. The molecule has 0 unspecified atom stereocenters. The number of amides is 2. The van der Waals surface area contributed by atoms with Gasteiger partial charge in [-0.25, -0.2) is 9.18 Å². The lowest BCUT2D eigenvalue weighted by Gasteiger charge is -2.21. The fourth-order valence-electron chi connectivity index (χ4n) is 2.16. The van der Waals surface area contributed by atoms with Crippen molar-refractivity contribution in [1.82, 2.24) is 10.2 Å². The molecule has 1 fully saturated rings. The summed E-state index contributed by atoms with van der Waals surface area (Å²) in [6.07, 6.45) is 2.18. The van der Waals surface area contributed by atoms with Crippen molar-refractivity contribution >= 4 is 22.0 Å². The van der Waals surface area contributed by atoms with Crippen LogP contribution in [0.5, 0.6) is 0 Å². The molecule has 1 aliphatic heterocycles. The van der Waals surface area contributed by atoms with Crippen LogP contribution in [0.4, 0.5) is 9.18 Å². The molecule has 0 bridgehead atoms. The van der Waals surface area contributed by atoms with Crippen molar-refractivity contribution in [3.8, 4) is 0 Å². The summed E-state index contributed by atoms with van der Waals surface area (Å²) in [6.45, 7) is 1.64. The summed E-state index contributed by atoms with van der Waals surface area (Å²) in [5, 5.41) is 2.78. The molecule has 0 saturated carbocycles. The van der Waals surface area contributed by atoms with Gasteiger partial charge in [0, 0.05) is 31.2 Å². The predicted molar refractivity (Wildman–Crippen MR) is 77.9 cm³/mol. The van der Waals surface area contributed by atoms with Gasteiger partial charge in [-0.2, -0.15) is 0 Å². The number of nitrogens with zero attached hydrogens (tertiary/aromatic N) is 1. The standard InChI is InChI=1S/C14H18BrFN2O2/c1-18(9-12-3-2-6-20-12)14(19)17-8-10-7-11(16)4-5-13(10)15/h4-5,7,12H,2-3,6,8-9H2,1H3,(H,17,19)/t12-/m1/s1. The molecule has 2 amide bonds. The van der Waals surface area contributed by atoms with Crippen molar-refractivity contribution in [3.05, 3.63) is 34.1 Å². The summed E-state index contributed by atoms with van der Waals surface area (Å²) in [6, 6.07) is 4.23. The van der Waals surface area contributed by atoms with Crippen LogP contribution in [-0.4, -0.2) is 37.2 Å². The van der Waals surface area contributed by atoms with Crippen LogP contribution in [0.15, 0.2) is 22.7 Å². The van der Waals surface area contributed by atoms with E-state index in [0.717, 1.165) is 23.9 Å². The van der Waals surface area contributed by atoms with E-state index in [1.165, 1.54) is 12.1 Å². The monoisotopic (exact) mass is 344 g/mol. The molecular formula is C14H18BrFN2O2. The maximum absolute atomic E-state index is 13.1. The number of hydrogen-bond donors (Lipinski definition) is 1. The minimum atomic E-state index is -0.315. The second kappa shape index (κ2) is 7.04. The fourth-order valence-corrected chi connectivity index (χ4v) is 2.55. The van der Waals surface area contributed by atoms with Crippen LogP contribution in [-0.2, 0) is 11.3 Å². The number of carbonyl (C=O) groups is 1. The number of hydrogen-bond acceptors (Lipinski definition) is 2. The van der Waals surface area contributed by atoms with Gasteiger partial charge in [0.1, 0.15) is 5.82 Å². The number of nitrogens with one attached hydrogen (secondary N) is 1. The van der Waals surface area contributed by atoms with Crippen molar-refractivity contribution in [2.75, 3.05) is 20.2 Å². The number of benzene rings is 1. The molecule has 1 aromatic rings. The van der Waals surface area contributed by atoms with Gasteiger partial charge >= 0.3 is 6.03 Å². The zero-order chi connectivity index (χ0) is 14.5. The quantitative estimate of drug-likeness (QED) is 0.912. The van der Waals surface area contributed by atoms with E-state index in [1.807, 2.05) is 0 Å². The minimum Gasteiger partial charge on any atom is -0.376 e. The maximum atomic E-state index is 13.1. The van der Waals surface area contributed by atoms with Crippen molar-refractivity contribution in [1.29, 1.82) is 0 Å². The summed E-state index contributed by atoms with van der Waals surface area (Å²) >= 11 is 3.34. The van der Waals surface area contributed by atoms with E-state index in [9.17, 15) is 9.18 Å². The van der Waals surface area contributed by atoms with Crippen molar-refractivity contribution in [2.24, 2.45) is 0 Å². The molecule has 6 heteroatoms. The van der Waals surface area contributed by atoms with E-state index in [4.69, 9.17) is 4.74 Å². The average molecular weight is 345 g/mol. The Morgan fingerprint density at radius 3 is 3.10 bits per heavy atom. The Kier molecular flexibility index (Phi) is 5.37. The van der Waals surface area contributed by atoms with Gasteiger partial charge in [0.2, 0.25) is 0 Å². The van der Waals surface area contributed by atoms with Crippen LogP contribution in [0.1, 0.15) is 18.4 Å². The summed E-state index contributed by atoms with van der Waals surface area (Å²) in [4.78, 5) is 13.6. The van der Waals surface area contributed by atoms with Crippen LogP contribution in [0, 0.1) is 5.82 Å². The van der Waals surface area contributed by atoms with Gasteiger partial charge < -0.3 is 15.0 Å². The Labute approximate surface area is 126 Å². The first-order valence-electron chi connectivity index (χ1n) is 6.61. The smallest absolute Gasteiger partial charge is 0.317 e. The number of halogens is 2. The van der Waals surface area contributed by atoms with Crippen LogP contribution >= 0.6 is 15.9 Å². The first kappa shape index (κ1) is 15.3. The lowest BCUT2D eigenvalue weighted by Crippen LogP contribution is -2.40. The maximum Gasteiger partial charge on any atom is 0.317 e. The lowest BCUT2D eigenvalue weighted by atomic mass is 10.2. The largest absolute Gasteiger partial charge is 0.376 e. The molecule has 0 radical (unpaired) electrons. The summed E-state index contributed by atoms with van der Waals surface area (Å²) in [5.41, 5.74) is 0.712. The summed E-state index contributed by atoms with van der Waals surface area (Å²) in [7, 11) is 1.73. The molecule has 4 nitrogen and oxygen atoms in total. The predicted octanol–water partition coefficient (Wildman–Crippen LogP) is 2.91. The van der Waals surface area contributed by atoms with Crippen molar-refractivity contribution in [3.63, 3.8) is 0 Å². The number of ether oxygens (including phenoxy) is 1. The third-order valence-corrected chi connectivity index (χ3v) is 4.06. The Morgan fingerprint density at radius 1 is 1.60 bits per heavy atom. The number of likely N-dealkylation sites (N-methyl/N-ethyl adjacent to an activating group) is 1. The van der Waals surface area contributed by atoms with Crippen LogP contribution in [0.3, 0.4) is 0 Å². The van der Waals surface area contributed by atoms with Gasteiger partial charge in [-0.05, 0) is 36.6 Å². The molecule has 20 heavy (non-hydrogen) atoms. The van der Waals surface area contributed by atoms with E-state index in [1.54, 1.807) is 18.0 Å². The fraction of sp³-hybridized carbons (Fsp3) is 0.500. The summed E-state index contributed by atoms with van der Waals surface area (Å²) in [5.74, 6) is -0.315. The van der Waals surface area contributed by atoms with Gasteiger partial charge in [0.05, 0.1) is 6.10 Å². The minimum absolute atomic E-state index is 0.131. The molecule has 110 valence electrons. The molecule has 1 N–H and O–H groups in total. The molecule has 1 aliphatic rings. The molecule has 1 atom stereocenters. The Hall–Kier alpha value is -1.14. The highest BCUT2D eigenvalue weighted by atomic mass is 79.9. The average Bonchev–Trinajstić information content (AvgIpc) is 2.92. The van der Waals surface area contributed by atoms with Crippen LogP contribution < -0.4 is 5.32 Å². The van der Waals surface area contributed by atoms with Gasteiger partial charge in [0.25, 0.3) is 0 Å². The zero-order valence-corrected chi connectivity index (χ0v) is 13.0. The highest BCUT2D eigenvalue weighted by Gasteiger charge is 2.19. The lowest BCUT2D eigenvalue weighted by molar-refractivity contribution is 0.0874. The first-order chi connectivity index (χ1) is 9.56. The number of carbonyl (C=O) groups excluding carboxylic acids is 1. The third kappa shape index (κ3) is 4.18. The Bertz CT molecular complexity index is 478. The van der Waals surface area contributed by atoms with Crippen molar-refractivity contribution < 1.29 is 13.9 Å². The Morgan fingerprint density at radius 2 is 2.40 bits per heavy atom. The molecular weight excluding hydrogens is 327 g/mol. The highest BCUT2D eigenvalue weighted by Crippen LogP contribution is 2.17. The van der Waals surface area contributed by atoms with Gasteiger partial charge in [-0.15, -0.1) is 0 Å². The molecule has 1 aromatic carbocycles. The van der Waals surface area contributed by atoms with Gasteiger partial charge in [-0.3, -0.25) is 0 Å². The van der Waals surface area contributed by atoms with E-state index in [2.05, 4.69) is 21.2 Å². The van der Waals surface area contributed by atoms with Gasteiger partial charge in [-0.1, -0.05) is 15.9 Å². The van der Waals surface area contributed by atoms with Gasteiger partial charge in [0.15, 0.2) is 0 Å². The topological polar surface area (TPSA) is 41.6 Å². The third-order valence-electron chi connectivity index (χ3n) is 3.29. The van der Waals surface area contributed by atoms with Crippen molar-refractivity contribution in [2.45, 2.75) is 25.5 Å². The van der Waals surface area contributed by atoms with E-state index >= 15 is 0 Å². The van der Waals surface area contributed by atoms with Crippen LogP contribution in [0.25, 0.3) is 0 Å². The SMILES string of the molecule is CN(C[C@H]1CCCO1)C(=O)NCc1cc(F)ccc1Br. The molecule has 0 aromatic heterocycles. The number of rotatable bonds is 4. The number of urea groups is 1. The molecule has 2 rings (SSSR count). The first-order valence-corrected chi connectivity index (χ1v) is 7.40.